The minimum atomic E-state index is -0.145. The van der Waals surface area contributed by atoms with Crippen molar-refractivity contribution in [3.63, 3.8) is 0 Å². The van der Waals surface area contributed by atoms with Crippen LogP contribution in [0.5, 0.6) is 5.75 Å². The average molecular weight is 393 g/mol. The second-order valence-electron chi connectivity index (χ2n) is 6.59. The standard InChI is InChI=1S/C19H25BrN2O2/c1-12(2)6-8-17-14(4)21-22(15(17)5)19(23)11-24-18-9-7-16(20)10-13(18)3/h7,9-10,12H,6,8,11H2,1-5H3. The van der Waals surface area contributed by atoms with Crippen LogP contribution in [0.4, 0.5) is 0 Å². The highest BCUT2D eigenvalue weighted by atomic mass is 79.9. The Morgan fingerprint density at radius 1 is 1.29 bits per heavy atom. The van der Waals surface area contributed by atoms with Crippen LogP contribution in [-0.4, -0.2) is 22.3 Å². The Hall–Kier alpha value is -1.62. The molecule has 1 aromatic carbocycles. The molecule has 0 N–H and O–H groups in total. The second kappa shape index (κ2) is 7.97. The predicted molar refractivity (Wildman–Crippen MR) is 99.9 cm³/mol. The molecule has 2 aromatic rings. The molecule has 1 aromatic heterocycles. The van der Waals surface area contributed by atoms with Gasteiger partial charge in [0.2, 0.25) is 0 Å². The van der Waals surface area contributed by atoms with Crippen molar-refractivity contribution in [1.82, 2.24) is 9.78 Å². The van der Waals surface area contributed by atoms with Gasteiger partial charge in [-0.05, 0) is 68.9 Å². The van der Waals surface area contributed by atoms with Gasteiger partial charge in [-0.1, -0.05) is 29.8 Å². The molecule has 0 aliphatic carbocycles. The number of rotatable bonds is 6. The van der Waals surface area contributed by atoms with Crippen LogP contribution in [-0.2, 0) is 6.42 Å². The first-order valence-corrected chi connectivity index (χ1v) is 9.06. The third-order valence-corrected chi connectivity index (χ3v) is 4.63. The molecule has 0 fully saturated rings. The number of aromatic nitrogens is 2. The van der Waals surface area contributed by atoms with Crippen molar-refractivity contribution in [2.75, 3.05) is 6.61 Å². The normalized spacial score (nSPS) is 11.1. The van der Waals surface area contributed by atoms with Crippen LogP contribution in [0.2, 0.25) is 0 Å². The number of ether oxygens (including phenoxy) is 1. The van der Waals surface area contributed by atoms with Crippen molar-refractivity contribution < 1.29 is 9.53 Å². The molecule has 130 valence electrons. The van der Waals surface area contributed by atoms with Crippen molar-refractivity contribution in [3.05, 3.63) is 45.2 Å². The number of halogens is 1. The van der Waals surface area contributed by atoms with Gasteiger partial charge < -0.3 is 4.74 Å². The number of hydrogen-bond donors (Lipinski definition) is 0. The molecular formula is C19H25BrN2O2. The molecule has 0 spiro atoms. The monoisotopic (exact) mass is 392 g/mol. The van der Waals surface area contributed by atoms with E-state index in [1.54, 1.807) is 0 Å². The van der Waals surface area contributed by atoms with Gasteiger partial charge in [-0.2, -0.15) is 5.10 Å². The summed E-state index contributed by atoms with van der Waals surface area (Å²) in [7, 11) is 0. The Morgan fingerprint density at radius 3 is 2.62 bits per heavy atom. The third-order valence-electron chi connectivity index (χ3n) is 4.14. The molecule has 4 nitrogen and oxygen atoms in total. The zero-order chi connectivity index (χ0) is 17.9. The lowest BCUT2D eigenvalue weighted by atomic mass is 10.0. The van der Waals surface area contributed by atoms with Gasteiger partial charge in [0.1, 0.15) is 5.75 Å². The first kappa shape index (κ1) is 18.7. The van der Waals surface area contributed by atoms with E-state index < -0.39 is 0 Å². The fraction of sp³-hybridized carbons (Fsp3) is 0.474. The van der Waals surface area contributed by atoms with Gasteiger partial charge in [0.25, 0.3) is 5.91 Å². The summed E-state index contributed by atoms with van der Waals surface area (Å²) in [5.74, 6) is 1.20. The molecule has 0 radical (unpaired) electrons. The van der Waals surface area contributed by atoms with E-state index in [4.69, 9.17) is 4.74 Å². The van der Waals surface area contributed by atoms with E-state index in [9.17, 15) is 4.79 Å². The fourth-order valence-corrected chi connectivity index (χ4v) is 3.16. The van der Waals surface area contributed by atoms with E-state index in [0.717, 1.165) is 34.3 Å². The van der Waals surface area contributed by atoms with Gasteiger partial charge in [0.05, 0.1) is 5.69 Å². The van der Waals surface area contributed by atoms with Crippen molar-refractivity contribution in [1.29, 1.82) is 0 Å². The molecule has 0 bridgehead atoms. The number of hydrogen-bond acceptors (Lipinski definition) is 3. The van der Waals surface area contributed by atoms with E-state index in [2.05, 4.69) is 34.9 Å². The third kappa shape index (κ3) is 4.47. The van der Waals surface area contributed by atoms with Gasteiger partial charge in [-0.3, -0.25) is 4.79 Å². The quantitative estimate of drug-likeness (QED) is 0.703. The molecule has 0 aliphatic heterocycles. The van der Waals surface area contributed by atoms with Crippen molar-refractivity contribution in [2.45, 2.75) is 47.5 Å². The summed E-state index contributed by atoms with van der Waals surface area (Å²) in [5.41, 5.74) is 4.02. The molecule has 24 heavy (non-hydrogen) atoms. The lowest BCUT2D eigenvalue weighted by Crippen LogP contribution is -2.22. The zero-order valence-electron chi connectivity index (χ0n) is 15.0. The Bertz CT molecular complexity index is 735. The summed E-state index contributed by atoms with van der Waals surface area (Å²) < 4.78 is 8.16. The van der Waals surface area contributed by atoms with Crippen molar-refractivity contribution in [3.8, 4) is 5.75 Å². The molecule has 0 unspecified atom stereocenters. The maximum atomic E-state index is 12.5. The summed E-state index contributed by atoms with van der Waals surface area (Å²) in [6.07, 6.45) is 2.05. The number of benzene rings is 1. The van der Waals surface area contributed by atoms with Gasteiger partial charge in [0, 0.05) is 10.2 Å². The van der Waals surface area contributed by atoms with Gasteiger partial charge in [0.15, 0.2) is 6.61 Å². The summed E-state index contributed by atoms with van der Waals surface area (Å²) >= 11 is 3.42. The first-order chi connectivity index (χ1) is 11.3. The molecule has 0 aliphatic rings. The number of carbonyl (C=O) groups is 1. The van der Waals surface area contributed by atoms with Crippen LogP contribution < -0.4 is 4.74 Å². The summed E-state index contributed by atoms with van der Waals surface area (Å²) in [4.78, 5) is 12.5. The van der Waals surface area contributed by atoms with Crippen LogP contribution in [0.1, 0.15) is 47.6 Å². The smallest absolute Gasteiger partial charge is 0.284 e. The van der Waals surface area contributed by atoms with Crippen LogP contribution in [0.25, 0.3) is 0 Å². The molecule has 1 heterocycles. The van der Waals surface area contributed by atoms with Crippen LogP contribution >= 0.6 is 15.9 Å². The van der Waals surface area contributed by atoms with Crippen LogP contribution in [0.15, 0.2) is 22.7 Å². The largest absolute Gasteiger partial charge is 0.483 e. The Labute approximate surface area is 152 Å². The van der Waals surface area contributed by atoms with Gasteiger partial charge in [-0.25, -0.2) is 4.68 Å². The van der Waals surface area contributed by atoms with E-state index in [1.165, 1.54) is 10.2 Å². The lowest BCUT2D eigenvalue weighted by molar-refractivity contribution is 0.0817. The summed E-state index contributed by atoms with van der Waals surface area (Å²) in [6, 6.07) is 5.73. The summed E-state index contributed by atoms with van der Waals surface area (Å²) in [5, 5.41) is 4.42. The first-order valence-electron chi connectivity index (χ1n) is 8.26. The van der Waals surface area contributed by atoms with Crippen molar-refractivity contribution >= 4 is 21.8 Å². The molecule has 0 atom stereocenters. The molecular weight excluding hydrogens is 368 g/mol. The summed E-state index contributed by atoms with van der Waals surface area (Å²) in [6.45, 7) is 10.3. The molecule has 5 heteroatoms. The highest BCUT2D eigenvalue weighted by Gasteiger charge is 2.17. The van der Waals surface area contributed by atoms with E-state index in [1.807, 2.05) is 39.0 Å². The maximum Gasteiger partial charge on any atom is 0.284 e. The Kier molecular flexibility index (Phi) is 6.21. The Balaban J connectivity index is 2.08. The molecule has 0 saturated heterocycles. The zero-order valence-corrected chi connectivity index (χ0v) is 16.6. The molecule has 2 rings (SSSR count). The number of aryl methyl sites for hydroxylation is 2. The lowest BCUT2D eigenvalue weighted by Gasteiger charge is -2.10. The van der Waals surface area contributed by atoms with Crippen LogP contribution in [0.3, 0.4) is 0 Å². The number of carbonyl (C=O) groups excluding carboxylic acids is 1. The predicted octanol–water partition coefficient (Wildman–Crippen LogP) is 4.88. The van der Waals surface area contributed by atoms with E-state index in [0.29, 0.717) is 11.7 Å². The number of nitrogens with zero attached hydrogens (tertiary/aromatic N) is 2. The highest BCUT2D eigenvalue weighted by molar-refractivity contribution is 9.10. The van der Waals surface area contributed by atoms with Crippen molar-refractivity contribution in [2.24, 2.45) is 5.92 Å². The van der Waals surface area contributed by atoms with Gasteiger partial charge >= 0.3 is 0 Å². The molecule has 0 saturated carbocycles. The minimum Gasteiger partial charge on any atom is -0.483 e. The average Bonchev–Trinajstić information content (AvgIpc) is 2.78. The fourth-order valence-electron chi connectivity index (χ4n) is 2.69. The maximum absolute atomic E-state index is 12.5. The van der Waals surface area contributed by atoms with E-state index >= 15 is 0 Å². The van der Waals surface area contributed by atoms with E-state index in [-0.39, 0.29) is 12.5 Å². The SMILES string of the molecule is Cc1cc(Br)ccc1OCC(=O)n1nc(C)c(CCC(C)C)c1C. The molecule has 0 amide bonds. The minimum absolute atomic E-state index is 0.0198. The highest BCUT2D eigenvalue weighted by Crippen LogP contribution is 2.22. The topological polar surface area (TPSA) is 44.1 Å². The Morgan fingerprint density at radius 2 is 2.00 bits per heavy atom. The van der Waals surface area contributed by atoms with Gasteiger partial charge in [-0.15, -0.1) is 0 Å². The van der Waals surface area contributed by atoms with Crippen LogP contribution in [0, 0.1) is 26.7 Å². The second-order valence-corrected chi connectivity index (χ2v) is 7.50.